The summed E-state index contributed by atoms with van der Waals surface area (Å²) in [6, 6.07) is 9.73. The predicted octanol–water partition coefficient (Wildman–Crippen LogP) is 3.48. The van der Waals surface area contributed by atoms with Gasteiger partial charge in [-0.25, -0.2) is 9.97 Å². The predicted molar refractivity (Wildman–Crippen MR) is 120 cm³/mol. The molecule has 8 heteroatoms. The van der Waals surface area contributed by atoms with Crippen LogP contribution >= 0.6 is 11.8 Å². The number of aromatic nitrogens is 2. The van der Waals surface area contributed by atoms with Gasteiger partial charge in [0.15, 0.2) is 5.82 Å². The zero-order chi connectivity index (χ0) is 20.8. The molecule has 0 unspecified atom stereocenters. The van der Waals surface area contributed by atoms with Crippen molar-refractivity contribution in [2.75, 3.05) is 49.4 Å². The van der Waals surface area contributed by atoms with E-state index < -0.39 is 0 Å². The summed E-state index contributed by atoms with van der Waals surface area (Å²) < 4.78 is 10.7. The van der Waals surface area contributed by atoms with Crippen LogP contribution in [0.3, 0.4) is 0 Å². The fourth-order valence-corrected chi connectivity index (χ4v) is 3.88. The van der Waals surface area contributed by atoms with E-state index in [1.54, 1.807) is 18.0 Å². The van der Waals surface area contributed by atoms with Crippen LogP contribution in [0.25, 0.3) is 11.4 Å². The summed E-state index contributed by atoms with van der Waals surface area (Å²) in [6.45, 7) is 3.77. The van der Waals surface area contributed by atoms with Crippen molar-refractivity contribution in [2.24, 2.45) is 0 Å². The number of nitrogens with one attached hydrogen (secondary N) is 1. The Morgan fingerprint density at radius 2 is 1.97 bits per heavy atom. The van der Waals surface area contributed by atoms with Gasteiger partial charge in [0, 0.05) is 36.2 Å². The van der Waals surface area contributed by atoms with E-state index >= 15 is 0 Å². The highest BCUT2D eigenvalue weighted by Gasteiger charge is 2.16. The van der Waals surface area contributed by atoms with Gasteiger partial charge in [-0.1, -0.05) is 0 Å². The number of rotatable bonds is 6. The molecule has 1 fully saturated rings. The third-order valence-corrected chi connectivity index (χ3v) is 5.60. The van der Waals surface area contributed by atoms with E-state index in [4.69, 9.17) is 19.4 Å². The zero-order valence-corrected chi connectivity index (χ0v) is 17.9. The maximum Gasteiger partial charge on any atom is 0.254 e. The van der Waals surface area contributed by atoms with Crippen molar-refractivity contribution in [3.05, 3.63) is 47.9 Å². The van der Waals surface area contributed by atoms with Crippen LogP contribution in [-0.2, 0) is 20.0 Å². The van der Waals surface area contributed by atoms with E-state index in [-0.39, 0.29) is 5.91 Å². The average Bonchev–Trinajstić information content (AvgIpc) is 2.81. The lowest BCUT2D eigenvalue weighted by atomic mass is 10.1. The van der Waals surface area contributed by atoms with Crippen molar-refractivity contribution in [3.8, 4) is 11.4 Å². The molecule has 4 rings (SSSR count). The monoisotopic (exact) mass is 426 g/mol. The third kappa shape index (κ3) is 5.12. The molecule has 1 saturated heterocycles. The van der Waals surface area contributed by atoms with E-state index in [2.05, 4.69) is 22.5 Å². The Bertz CT molecular complexity index is 911. The zero-order valence-electron chi connectivity index (χ0n) is 17.1. The van der Waals surface area contributed by atoms with E-state index in [1.807, 2.05) is 24.3 Å². The number of carbonyl (C=O) groups excluding carboxylic acids is 1. The molecule has 3 heterocycles. The number of amides is 1. The molecule has 158 valence electrons. The Labute approximate surface area is 180 Å². The molecule has 0 bridgehead atoms. The topological polar surface area (TPSA) is 76.6 Å². The lowest BCUT2D eigenvalue weighted by Gasteiger charge is -2.28. The Morgan fingerprint density at radius 3 is 2.67 bits per heavy atom. The van der Waals surface area contributed by atoms with Crippen molar-refractivity contribution in [1.29, 1.82) is 0 Å². The fraction of sp³-hybridized carbons (Fsp3) is 0.409. The summed E-state index contributed by atoms with van der Waals surface area (Å²) >= 11 is 1.74. The molecule has 0 spiro atoms. The second-order valence-corrected chi connectivity index (χ2v) is 8.09. The van der Waals surface area contributed by atoms with Crippen molar-refractivity contribution in [3.63, 3.8) is 0 Å². The average molecular weight is 427 g/mol. The van der Waals surface area contributed by atoms with Crippen molar-refractivity contribution < 1.29 is 14.3 Å². The largest absolute Gasteiger partial charge is 0.501 e. The van der Waals surface area contributed by atoms with Gasteiger partial charge in [-0.05, 0) is 43.4 Å². The van der Waals surface area contributed by atoms with Gasteiger partial charge in [0.25, 0.3) is 5.91 Å². The SMILES string of the molecule is CSCc1cc(N2CCOCC2)nc(-c2ccc(NC(=O)C3=COCCC3)cc2)n1. The Kier molecular flexibility index (Phi) is 6.86. The van der Waals surface area contributed by atoms with Gasteiger partial charge >= 0.3 is 0 Å². The summed E-state index contributed by atoms with van der Waals surface area (Å²) in [7, 11) is 0. The number of hydrogen-bond donors (Lipinski definition) is 1. The Morgan fingerprint density at radius 1 is 1.17 bits per heavy atom. The Balaban J connectivity index is 1.53. The van der Waals surface area contributed by atoms with Crippen LogP contribution in [0.15, 0.2) is 42.2 Å². The molecular formula is C22H26N4O3S. The normalized spacial score (nSPS) is 16.6. The van der Waals surface area contributed by atoms with E-state index in [9.17, 15) is 4.79 Å². The first-order chi connectivity index (χ1) is 14.7. The molecule has 2 aromatic rings. The maximum atomic E-state index is 12.4. The van der Waals surface area contributed by atoms with Gasteiger partial charge in [-0.15, -0.1) is 0 Å². The van der Waals surface area contributed by atoms with Crippen LogP contribution in [0.1, 0.15) is 18.5 Å². The molecule has 1 N–H and O–H groups in total. The van der Waals surface area contributed by atoms with Crippen LogP contribution in [0.4, 0.5) is 11.5 Å². The second kappa shape index (κ2) is 9.95. The number of anilines is 2. The molecule has 7 nitrogen and oxygen atoms in total. The summed E-state index contributed by atoms with van der Waals surface area (Å²) in [5.41, 5.74) is 3.35. The lowest BCUT2D eigenvalue weighted by molar-refractivity contribution is -0.113. The highest BCUT2D eigenvalue weighted by atomic mass is 32.2. The fourth-order valence-electron chi connectivity index (χ4n) is 3.43. The third-order valence-electron chi connectivity index (χ3n) is 5.02. The molecular weight excluding hydrogens is 400 g/mol. The molecule has 2 aliphatic rings. The standard InChI is InChI=1S/C22H26N4O3S/c1-30-15-19-13-20(26-8-11-28-12-9-26)25-21(23-19)16-4-6-18(7-5-16)24-22(27)17-3-2-10-29-14-17/h4-7,13-14H,2-3,8-12,15H2,1H3,(H,24,27). The molecule has 2 aliphatic heterocycles. The number of morpholine rings is 1. The molecule has 0 aliphatic carbocycles. The highest BCUT2D eigenvalue weighted by molar-refractivity contribution is 7.97. The van der Waals surface area contributed by atoms with Gasteiger partial charge in [0.05, 0.1) is 37.3 Å². The minimum Gasteiger partial charge on any atom is -0.501 e. The molecule has 0 radical (unpaired) electrons. The van der Waals surface area contributed by atoms with Crippen molar-refractivity contribution in [2.45, 2.75) is 18.6 Å². The number of ether oxygens (including phenoxy) is 2. The molecule has 30 heavy (non-hydrogen) atoms. The molecule has 1 aromatic carbocycles. The lowest BCUT2D eigenvalue weighted by Crippen LogP contribution is -2.37. The highest BCUT2D eigenvalue weighted by Crippen LogP contribution is 2.24. The van der Waals surface area contributed by atoms with E-state index in [1.165, 1.54) is 0 Å². The second-order valence-electron chi connectivity index (χ2n) is 7.22. The minimum atomic E-state index is -0.115. The number of benzene rings is 1. The number of thioether (sulfide) groups is 1. The van der Waals surface area contributed by atoms with Crippen LogP contribution in [0, 0.1) is 0 Å². The number of carbonyl (C=O) groups is 1. The summed E-state index contributed by atoms with van der Waals surface area (Å²) in [5.74, 6) is 2.35. The molecule has 0 saturated carbocycles. The molecule has 0 atom stereocenters. The van der Waals surface area contributed by atoms with E-state index in [0.29, 0.717) is 31.2 Å². The van der Waals surface area contributed by atoms with Crippen LogP contribution < -0.4 is 10.2 Å². The van der Waals surface area contributed by atoms with Crippen molar-refractivity contribution >= 4 is 29.2 Å². The smallest absolute Gasteiger partial charge is 0.254 e. The quantitative estimate of drug-likeness (QED) is 0.758. The van der Waals surface area contributed by atoms with Gasteiger partial charge in [0.2, 0.25) is 0 Å². The van der Waals surface area contributed by atoms with Crippen LogP contribution in [0.2, 0.25) is 0 Å². The first-order valence-corrected chi connectivity index (χ1v) is 11.5. The van der Waals surface area contributed by atoms with Gasteiger partial charge in [-0.2, -0.15) is 11.8 Å². The Hall–Kier alpha value is -2.58. The summed E-state index contributed by atoms with van der Waals surface area (Å²) in [4.78, 5) is 24.2. The minimum absolute atomic E-state index is 0.115. The molecule has 1 amide bonds. The van der Waals surface area contributed by atoms with Crippen molar-refractivity contribution in [1.82, 2.24) is 9.97 Å². The van der Waals surface area contributed by atoms with Crippen LogP contribution in [-0.4, -0.2) is 55.0 Å². The molecule has 1 aromatic heterocycles. The maximum absolute atomic E-state index is 12.4. The van der Waals surface area contributed by atoms with Gasteiger partial charge in [0.1, 0.15) is 5.82 Å². The first kappa shape index (κ1) is 20.7. The van der Waals surface area contributed by atoms with E-state index in [0.717, 1.165) is 54.4 Å². The van der Waals surface area contributed by atoms with Gasteiger partial charge < -0.3 is 19.7 Å². The van der Waals surface area contributed by atoms with Crippen LogP contribution in [0.5, 0.6) is 0 Å². The summed E-state index contributed by atoms with van der Waals surface area (Å²) in [6.07, 6.45) is 5.24. The summed E-state index contributed by atoms with van der Waals surface area (Å²) in [5, 5.41) is 2.93. The van der Waals surface area contributed by atoms with Gasteiger partial charge in [-0.3, -0.25) is 4.79 Å². The number of nitrogens with zero attached hydrogens (tertiary/aromatic N) is 3. The first-order valence-electron chi connectivity index (χ1n) is 10.1. The number of hydrogen-bond acceptors (Lipinski definition) is 7.